The molecule has 3 aromatic heterocycles. The molecule has 3 aromatic rings. The van der Waals surface area contributed by atoms with Crippen molar-refractivity contribution in [2.75, 3.05) is 31.2 Å². The van der Waals surface area contributed by atoms with E-state index < -0.39 is 40.6 Å². The van der Waals surface area contributed by atoms with Gasteiger partial charge in [-0.2, -0.15) is 0 Å². The summed E-state index contributed by atoms with van der Waals surface area (Å²) in [5.74, 6) is -2.01. The molecule has 0 aromatic carbocycles. The molecule has 1 N–H and O–H groups in total. The molecule has 2 aliphatic heterocycles. The Hall–Kier alpha value is -4.18. The fraction of sp³-hybridized carbons (Fsp3) is 0.379. The van der Waals surface area contributed by atoms with Crippen LogP contribution in [0, 0.1) is 17.8 Å². The molecule has 2 fully saturated rings. The Kier molecular flexibility index (Phi) is 7.14. The van der Waals surface area contributed by atoms with Gasteiger partial charge in [0, 0.05) is 31.7 Å². The van der Waals surface area contributed by atoms with Crippen LogP contribution in [0.1, 0.15) is 43.0 Å². The number of fused-ring (bicyclic) bond motifs is 2. The summed E-state index contributed by atoms with van der Waals surface area (Å²) in [4.78, 5) is 58.4. The predicted octanol–water partition coefficient (Wildman–Crippen LogP) is 2.75. The predicted molar refractivity (Wildman–Crippen MR) is 141 cm³/mol. The fourth-order valence-electron chi connectivity index (χ4n) is 5.91. The first kappa shape index (κ1) is 26.4. The summed E-state index contributed by atoms with van der Waals surface area (Å²) in [6, 6.07) is 12.4. The number of hydrogen-bond donors (Lipinski definition) is 1. The van der Waals surface area contributed by atoms with Gasteiger partial charge in [-0.15, -0.1) is 0 Å². The van der Waals surface area contributed by atoms with Gasteiger partial charge in [-0.3, -0.25) is 34.7 Å². The van der Waals surface area contributed by atoms with Crippen LogP contribution in [0.5, 0.6) is 0 Å². The Balaban J connectivity index is 1.83. The molecule has 0 amide bonds. The highest BCUT2D eigenvalue weighted by Gasteiger charge is 2.74. The van der Waals surface area contributed by atoms with Gasteiger partial charge >= 0.3 is 11.9 Å². The number of rotatable bonds is 7. The van der Waals surface area contributed by atoms with Gasteiger partial charge in [0.05, 0.1) is 48.1 Å². The van der Waals surface area contributed by atoms with Crippen molar-refractivity contribution in [1.82, 2.24) is 20.3 Å². The Labute approximate surface area is 226 Å². The van der Waals surface area contributed by atoms with E-state index in [9.17, 15) is 14.4 Å². The summed E-state index contributed by atoms with van der Waals surface area (Å²) in [5.41, 5.74) is -1.29. The number of aromatic nitrogens is 3. The Morgan fingerprint density at radius 3 is 1.79 bits per heavy atom. The number of aryl methyl sites for hydroxylation is 1. The largest absolute Gasteiger partial charge is 0.465 e. The highest BCUT2D eigenvalue weighted by atomic mass is 16.5. The van der Waals surface area contributed by atoms with E-state index in [0.717, 1.165) is 0 Å². The molecule has 2 saturated heterocycles. The number of carbonyl (C=O) groups excluding carboxylic acids is 3. The van der Waals surface area contributed by atoms with Crippen LogP contribution in [0.4, 0.5) is 5.69 Å². The number of esters is 2. The minimum Gasteiger partial charge on any atom is -0.465 e. The van der Waals surface area contributed by atoms with Gasteiger partial charge < -0.3 is 14.4 Å². The van der Waals surface area contributed by atoms with Crippen molar-refractivity contribution in [3.05, 3.63) is 84.2 Å². The number of carbonyl (C=O) groups is 3. The SMILES string of the molecule is CCOC(=O)C12CN(c3cccnc3C)CC(C(=O)OCC)(C1=O)C(c1ccccn1)NC2c1ccccn1. The molecule has 0 radical (unpaired) electrons. The van der Waals surface area contributed by atoms with Crippen molar-refractivity contribution in [2.45, 2.75) is 32.9 Å². The van der Waals surface area contributed by atoms with Crippen LogP contribution in [0.3, 0.4) is 0 Å². The first-order valence-electron chi connectivity index (χ1n) is 13.0. The second-order valence-electron chi connectivity index (χ2n) is 9.72. The van der Waals surface area contributed by atoms with Crippen LogP contribution in [-0.4, -0.2) is 59.0 Å². The fourth-order valence-corrected chi connectivity index (χ4v) is 5.91. The van der Waals surface area contributed by atoms with Gasteiger partial charge in [-0.05, 0) is 57.2 Å². The first-order chi connectivity index (χ1) is 18.9. The lowest BCUT2D eigenvalue weighted by Crippen LogP contribution is -2.75. The van der Waals surface area contributed by atoms with Gasteiger partial charge in [-0.1, -0.05) is 12.1 Å². The number of nitrogens with zero attached hydrogens (tertiary/aromatic N) is 4. The maximum Gasteiger partial charge on any atom is 0.323 e. The number of pyridine rings is 3. The van der Waals surface area contributed by atoms with Crippen molar-refractivity contribution >= 4 is 23.4 Å². The van der Waals surface area contributed by atoms with Gasteiger partial charge in [-0.25, -0.2) is 0 Å². The van der Waals surface area contributed by atoms with E-state index in [2.05, 4.69) is 20.3 Å². The van der Waals surface area contributed by atoms with Crippen molar-refractivity contribution in [2.24, 2.45) is 10.8 Å². The molecule has 4 unspecified atom stereocenters. The molecule has 39 heavy (non-hydrogen) atoms. The van der Waals surface area contributed by atoms with Crippen LogP contribution in [0.25, 0.3) is 0 Å². The lowest BCUT2D eigenvalue weighted by atomic mass is 9.55. The average molecular weight is 530 g/mol. The molecule has 5 rings (SSSR count). The van der Waals surface area contributed by atoms with Gasteiger partial charge in [0.25, 0.3) is 0 Å². The van der Waals surface area contributed by atoms with Crippen molar-refractivity contribution in [1.29, 1.82) is 0 Å². The highest BCUT2D eigenvalue weighted by molar-refractivity contribution is 6.18. The summed E-state index contributed by atoms with van der Waals surface area (Å²) in [6.07, 6.45) is 4.89. The van der Waals surface area contributed by atoms with E-state index in [1.165, 1.54) is 0 Å². The molecule has 5 heterocycles. The maximum absolute atomic E-state index is 15.0. The quantitative estimate of drug-likeness (QED) is 0.361. The van der Waals surface area contributed by atoms with E-state index in [-0.39, 0.29) is 26.3 Å². The molecular weight excluding hydrogens is 498 g/mol. The number of anilines is 1. The van der Waals surface area contributed by atoms with Gasteiger partial charge in [0.2, 0.25) is 0 Å². The minimum atomic E-state index is -1.82. The smallest absolute Gasteiger partial charge is 0.323 e. The summed E-state index contributed by atoms with van der Waals surface area (Å²) in [6.45, 7) is 5.26. The molecular formula is C29H31N5O5. The van der Waals surface area contributed by atoms with Gasteiger partial charge in [0.15, 0.2) is 16.6 Å². The first-order valence-corrected chi connectivity index (χ1v) is 13.0. The molecule has 202 valence electrons. The van der Waals surface area contributed by atoms with Crippen LogP contribution in [-0.2, 0) is 23.9 Å². The molecule has 10 heteroatoms. The van der Waals surface area contributed by atoms with E-state index in [1.807, 2.05) is 17.9 Å². The number of nitrogens with one attached hydrogen (secondary N) is 1. The van der Waals surface area contributed by atoms with E-state index in [0.29, 0.717) is 22.8 Å². The van der Waals surface area contributed by atoms with Gasteiger partial charge in [0.1, 0.15) is 0 Å². The Morgan fingerprint density at radius 1 is 0.846 bits per heavy atom. The molecule has 2 bridgehead atoms. The molecule has 10 nitrogen and oxygen atoms in total. The second-order valence-corrected chi connectivity index (χ2v) is 9.72. The summed E-state index contributed by atoms with van der Waals surface area (Å²) in [7, 11) is 0. The zero-order chi connectivity index (χ0) is 27.6. The monoisotopic (exact) mass is 529 g/mol. The van der Waals surface area contributed by atoms with Crippen LogP contribution in [0.15, 0.2) is 67.1 Å². The number of hydrogen-bond acceptors (Lipinski definition) is 10. The second kappa shape index (κ2) is 10.5. The third kappa shape index (κ3) is 4.15. The number of ketones is 1. The standard InChI is InChI=1S/C29H31N5O5/c1-4-38-26(36)28-17-34(22-13-10-16-30-19(22)3)18-29(25(28)35,27(37)39-5-2)24(21-12-7-9-15-32-21)33-23(28)20-11-6-8-14-31-20/h6-16,23-24,33H,4-5,17-18H2,1-3H3. The minimum absolute atomic E-state index is 0.0401. The summed E-state index contributed by atoms with van der Waals surface area (Å²) in [5, 5.41) is 3.48. The lowest BCUT2D eigenvalue weighted by Gasteiger charge is -2.58. The number of Topliss-reactive ketones (excluding diaryl/α,β-unsaturated/α-hetero) is 1. The topological polar surface area (TPSA) is 124 Å². The average Bonchev–Trinajstić information content (AvgIpc) is 2.95. The normalized spacial score (nSPS) is 26.1. The highest BCUT2D eigenvalue weighted by Crippen LogP contribution is 2.56. The third-order valence-corrected chi connectivity index (χ3v) is 7.58. The third-order valence-electron chi connectivity index (χ3n) is 7.58. The molecule has 2 aliphatic rings. The van der Waals surface area contributed by atoms with Crippen molar-refractivity contribution < 1.29 is 23.9 Å². The maximum atomic E-state index is 15.0. The summed E-state index contributed by atoms with van der Waals surface area (Å²) >= 11 is 0. The van der Waals surface area contributed by atoms with Crippen molar-refractivity contribution in [3.63, 3.8) is 0 Å². The summed E-state index contributed by atoms with van der Waals surface area (Å²) < 4.78 is 11.2. The number of ether oxygens (including phenoxy) is 2. The van der Waals surface area contributed by atoms with E-state index in [1.54, 1.807) is 74.9 Å². The van der Waals surface area contributed by atoms with Crippen LogP contribution < -0.4 is 10.2 Å². The Morgan fingerprint density at radius 2 is 1.36 bits per heavy atom. The zero-order valence-corrected chi connectivity index (χ0v) is 22.2. The van der Waals surface area contributed by atoms with E-state index in [4.69, 9.17) is 9.47 Å². The van der Waals surface area contributed by atoms with Crippen LogP contribution >= 0.6 is 0 Å². The zero-order valence-electron chi connectivity index (χ0n) is 22.2. The van der Waals surface area contributed by atoms with E-state index >= 15 is 0 Å². The molecule has 4 atom stereocenters. The molecule has 0 spiro atoms. The van der Waals surface area contributed by atoms with Crippen LogP contribution in [0.2, 0.25) is 0 Å². The Bertz CT molecular complexity index is 1290. The molecule has 0 aliphatic carbocycles. The lowest BCUT2D eigenvalue weighted by molar-refractivity contribution is -0.183. The molecule has 0 saturated carbocycles. The number of piperidine rings is 2. The van der Waals surface area contributed by atoms with Crippen molar-refractivity contribution in [3.8, 4) is 0 Å².